The van der Waals surface area contributed by atoms with Gasteiger partial charge >= 0.3 is 6.18 Å². The highest BCUT2D eigenvalue weighted by molar-refractivity contribution is 5.84. The summed E-state index contributed by atoms with van der Waals surface area (Å²) in [5, 5.41) is 8.89. The lowest BCUT2D eigenvalue weighted by Crippen LogP contribution is -2.19. The first-order chi connectivity index (χ1) is 8.75. The number of alkyl halides is 3. The monoisotopic (exact) mass is 266 g/mol. The summed E-state index contributed by atoms with van der Waals surface area (Å²) >= 11 is 0. The number of nitrogens with one attached hydrogen (secondary N) is 1. The van der Waals surface area contributed by atoms with Crippen LogP contribution in [0, 0.1) is 25.2 Å². The van der Waals surface area contributed by atoms with Crippen LogP contribution in [0.1, 0.15) is 22.4 Å². The molecule has 0 radical (unpaired) electrons. The SMILES string of the molecule is Cc1cc(C)c2[nH]c(C(F)(F)F)c(C#N)c(=O)c2c1. The molecular formula is C13H9F3N2O. The van der Waals surface area contributed by atoms with E-state index < -0.39 is 22.9 Å². The molecule has 0 aliphatic carbocycles. The minimum absolute atomic E-state index is 0.0991. The zero-order chi connectivity index (χ0) is 14.4. The summed E-state index contributed by atoms with van der Waals surface area (Å²) in [6.07, 6.45) is -4.77. The number of aryl methyl sites for hydroxylation is 2. The van der Waals surface area contributed by atoms with E-state index in [9.17, 15) is 18.0 Å². The van der Waals surface area contributed by atoms with Gasteiger partial charge in [-0.2, -0.15) is 18.4 Å². The number of halogens is 3. The number of aromatic amines is 1. The number of pyridine rings is 1. The summed E-state index contributed by atoms with van der Waals surface area (Å²) < 4.78 is 38.5. The summed E-state index contributed by atoms with van der Waals surface area (Å²) in [6, 6.07) is 4.48. The first kappa shape index (κ1) is 13.1. The molecule has 2 aromatic rings. The molecule has 0 saturated carbocycles. The maximum atomic E-state index is 12.8. The molecule has 0 amide bonds. The number of rotatable bonds is 0. The van der Waals surface area contributed by atoms with E-state index in [0.29, 0.717) is 5.56 Å². The van der Waals surface area contributed by atoms with E-state index in [1.807, 2.05) is 0 Å². The maximum Gasteiger partial charge on any atom is 0.432 e. The van der Waals surface area contributed by atoms with Crippen LogP contribution in [0.25, 0.3) is 10.9 Å². The molecule has 19 heavy (non-hydrogen) atoms. The third kappa shape index (κ3) is 2.08. The summed E-state index contributed by atoms with van der Waals surface area (Å²) in [6.45, 7) is 3.34. The molecule has 0 aliphatic rings. The van der Waals surface area contributed by atoms with Gasteiger partial charge in [-0.15, -0.1) is 0 Å². The Labute approximate surface area is 106 Å². The Kier molecular flexibility index (Phi) is 2.85. The second kappa shape index (κ2) is 4.12. The van der Waals surface area contributed by atoms with Crippen molar-refractivity contribution < 1.29 is 13.2 Å². The molecule has 0 unspecified atom stereocenters. The lowest BCUT2D eigenvalue weighted by atomic mass is 10.0. The summed E-state index contributed by atoms with van der Waals surface area (Å²) in [7, 11) is 0. The van der Waals surface area contributed by atoms with E-state index >= 15 is 0 Å². The van der Waals surface area contributed by atoms with Gasteiger partial charge in [0.25, 0.3) is 0 Å². The maximum absolute atomic E-state index is 12.8. The minimum Gasteiger partial charge on any atom is -0.349 e. The van der Waals surface area contributed by atoms with Crippen LogP contribution in [0.15, 0.2) is 16.9 Å². The zero-order valence-corrected chi connectivity index (χ0v) is 10.1. The molecule has 1 aromatic carbocycles. The topological polar surface area (TPSA) is 56.6 Å². The van der Waals surface area contributed by atoms with Crippen molar-refractivity contribution in [2.75, 3.05) is 0 Å². The van der Waals surface area contributed by atoms with Crippen molar-refractivity contribution in [2.45, 2.75) is 20.0 Å². The molecule has 0 bridgehead atoms. The Morgan fingerprint density at radius 1 is 1.26 bits per heavy atom. The van der Waals surface area contributed by atoms with Crippen LogP contribution in [-0.2, 0) is 6.18 Å². The molecule has 0 atom stereocenters. The molecule has 0 aliphatic heterocycles. The second-order valence-corrected chi connectivity index (χ2v) is 4.32. The Morgan fingerprint density at radius 3 is 2.42 bits per heavy atom. The van der Waals surface area contributed by atoms with E-state index in [1.165, 1.54) is 12.1 Å². The lowest BCUT2D eigenvalue weighted by Gasteiger charge is -2.12. The smallest absolute Gasteiger partial charge is 0.349 e. The fourth-order valence-electron chi connectivity index (χ4n) is 2.07. The molecule has 0 saturated heterocycles. The molecule has 98 valence electrons. The lowest BCUT2D eigenvalue weighted by molar-refractivity contribution is -0.141. The van der Waals surface area contributed by atoms with Crippen LogP contribution in [0.5, 0.6) is 0 Å². The summed E-state index contributed by atoms with van der Waals surface area (Å²) in [5.74, 6) is 0. The van der Waals surface area contributed by atoms with Gasteiger partial charge in [0.2, 0.25) is 5.43 Å². The average molecular weight is 266 g/mol. The number of benzene rings is 1. The molecule has 1 heterocycles. The standard InChI is InChI=1S/C13H9F3N2O/c1-6-3-7(2)10-8(4-6)11(19)9(5-17)12(18-10)13(14,15)16/h3-4H,1-2H3,(H,18,19). The van der Waals surface area contributed by atoms with Crippen LogP contribution >= 0.6 is 0 Å². The Balaban J connectivity index is 3.04. The van der Waals surface area contributed by atoms with Crippen LogP contribution in [-0.4, -0.2) is 4.98 Å². The Bertz CT molecular complexity index is 767. The van der Waals surface area contributed by atoms with Gasteiger partial charge in [-0.05, 0) is 31.0 Å². The molecule has 3 nitrogen and oxygen atoms in total. The molecule has 1 aromatic heterocycles. The number of hydrogen-bond acceptors (Lipinski definition) is 2. The van der Waals surface area contributed by atoms with E-state index in [-0.39, 0.29) is 10.9 Å². The van der Waals surface area contributed by atoms with E-state index in [1.54, 1.807) is 19.9 Å². The number of hydrogen-bond donors (Lipinski definition) is 1. The van der Waals surface area contributed by atoms with Gasteiger partial charge in [0.05, 0.1) is 5.52 Å². The summed E-state index contributed by atoms with van der Waals surface area (Å²) in [5.41, 5.74) is -1.69. The van der Waals surface area contributed by atoms with E-state index in [2.05, 4.69) is 4.98 Å². The van der Waals surface area contributed by atoms with Crippen molar-refractivity contribution >= 4 is 10.9 Å². The molecule has 1 N–H and O–H groups in total. The van der Waals surface area contributed by atoms with Gasteiger partial charge in [-0.25, -0.2) is 0 Å². The number of fused-ring (bicyclic) bond motifs is 1. The molecule has 0 fully saturated rings. The van der Waals surface area contributed by atoms with Crippen molar-refractivity contribution in [1.29, 1.82) is 5.26 Å². The quantitative estimate of drug-likeness (QED) is 0.796. The van der Waals surface area contributed by atoms with Crippen LogP contribution in [0.2, 0.25) is 0 Å². The zero-order valence-electron chi connectivity index (χ0n) is 10.1. The molecule has 6 heteroatoms. The van der Waals surface area contributed by atoms with Crippen molar-refractivity contribution in [1.82, 2.24) is 4.98 Å². The molecule has 0 spiro atoms. The second-order valence-electron chi connectivity index (χ2n) is 4.32. The van der Waals surface area contributed by atoms with Gasteiger partial charge in [0, 0.05) is 5.39 Å². The van der Waals surface area contributed by atoms with Crippen molar-refractivity contribution in [3.63, 3.8) is 0 Å². The highest BCUT2D eigenvalue weighted by Gasteiger charge is 2.36. The third-order valence-electron chi connectivity index (χ3n) is 2.85. The predicted octanol–water partition coefficient (Wildman–Crippen LogP) is 3.04. The van der Waals surface area contributed by atoms with Crippen LogP contribution < -0.4 is 5.43 Å². The van der Waals surface area contributed by atoms with Crippen LogP contribution in [0.4, 0.5) is 13.2 Å². The summed E-state index contributed by atoms with van der Waals surface area (Å²) in [4.78, 5) is 14.2. The number of H-pyrrole nitrogens is 1. The molecular weight excluding hydrogens is 257 g/mol. The number of nitriles is 1. The van der Waals surface area contributed by atoms with Crippen molar-refractivity contribution in [3.05, 3.63) is 44.7 Å². The number of aromatic nitrogens is 1. The highest BCUT2D eigenvalue weighted by Crippen LogP contribution is 2.31. The van der Waals surface area contributed by atoms with Crippen molar-refractivity contribution in [3.8, 4) is 6.07 Å². The Morgan fingerprint density at radius 2 is 1.89 bits per heavy atom. The van der Waals surface area contributed by atoms with Gasteiger partial charge in [0.1, 0.15) is 17.3 Å². The first-order valence-electron chi connectivity index (χ1n) is 5.40. The highest BCUT2D eigenvalue weighted by atomic mass is 19.4. The van der Waals surface area contributed by atoms with E-state index in [4.69, 9.17) is 5.26 Å². The molecule has 2 rings (SSSR count). The predicted molar refractivity (Wildman–Crippen MR) is 63.8 cm³/mol. The third-order valence-corrected chi connectivity index (χ3v) is 2.85. The van der Waals surface area contributed by atoms with Crippen molar-refractivity contribution in [2.24, 2.45) is 0 Å². The van der Waals surface area contributed by atoms with Crippen LogP contribution in [0.3, 0.4) is 0 Å². The van der Waals surface area contributed by atoms with E-state index in [0.717, 1.165) is 5.56 Å². The fraction of sp³-hybridized carbons (Fsp3) is 0.231. The van der Waals surface area contributed by atoms with Gasteiger partial charge in [-0.1, -0.05) is 6.07 Å². The minimum atomic E-state index is -4.77. The average Bonchev–Trinajstić information content (AvgIpc) is 2.28. The van der Waals surface area contributed by atoms with Gasteiger partial charge in [-0.3, -0.25) is 4.79 Å². The van der Waals surface area contributed by atoms with Gasteiger partial charge in [0.15, 0.2) is 0 Å². The van der Waals surface area contributed by atoms with Gasteiger partial charge < -0.3 is 4.98 Å². The normalized spacial score (nSPS) is 11.6. The Hall–Kier alpha value is -2.29. The fourth-order valence-corrected chi connectivity index (χ4v) is 2.07. The number of nitrogens with zero attached hydrogens (tertiary/aromatic N) is 1. The first-order valence-corrected chi connectivity index (χ1v) is 5.40. The largest absolute Gasteiger partial charge is 0.432 e.